The highest BCUT2D eigenvalue weighted by molar-refractivity contribution is 7.91. The molecule has 31 heavy (non-hydrogen) atoms. The molecular weight excluding hydrogens is 432 g/mol. The van der Waals surface area contributed by atoms with E-state index in [2.05, 4.69) is 4.72 Å². The van der Waals surface area contributed by atoms with Crippen LogP contribution < -0.4 is 4.72 Å². The molecule has 0 aliphatic carbocycles. The van der Waals surface area contributed by atoms with E-state index in [9.17, 15) is 18.3 Å². The molecule has 0 spiro atoms. The van der Waals surface area contributed by atoms with E-state index in [1.165, 1.54) is 6.07 Å². The van der Waals surface area contributed by atoms with Gasteiger partial charge in [-0.15, -0.1) is 11.3 Å². The average molecular weight is 455 g/mol. The number of rotatable bonds is 7. The van der Waals surface area contributed by atoms with Gasteiger partial charge in [-0.25, -0.2) is 8.42 Å². The summed E-state index contributed by atoms with van der Waals surface area (Å²) in [4.78, 5) is 12.7. The number of thiophene rings is 1. The summed E-state index contributed by atoms with van der Waals surface area (Å²) in [6.45, 7) is 1.99. The normalized spacial score (nSPS) is 12.8. The Balaban J connectivity index is 1.59. The monoisotopic (exact) mass is 454 g/mol. The van der Waals surface area contributed by atoms with Crippen LogP contribution in [0.2, 0.25) is 0 Å². The van der Waals surface area contributed by atoms with Crippen molar-refractivity contribution in [3.63, 3.8) is 0 Å². The molecule has 0 aliphatic heterocycles. The van der Waals surface area contributed by atoms with Crippen molar-refractivity contribution >= 4 is 38.2 Å². The summed E-state index contributed by atoms with van der Waals surface area (Å²) >= 11 is 1.12. The highest BCUT2D eigenvalue weighted by Gasteiger charge is 2.28. The first-order chi connectivity index (χ1) is 14.7. The van der Waals surface area contributed by atoms with Gasteiger partial charge in [-0.3, -0.25) is 4.79 Å². The molecule has 0 saturated heterocycles. The molecule has 160 valence electrons. The van der Waals surface area contributed by atoms with E-state index in [1.54, 1.807) is 6.07 Å². The van der Waals surface area contributed by atoms with Crippen LogP contribution in [0.4, 0.5) is 0 Å². The molecule has 8 heteroatoms. The number of hydrogen-bond donors (Lipinski definition) is 2. The van der Waals surface area contributed by atoms with Crippen LogP contribution in [0.3, 0.4) is 0 Å². The second-order valence-corrected chi connectivity index (χ2v) is 10.5. The minimum absolute atomic E-state index is 0.0477. The van der Waals surface area contributed by atoms with Gasteiger partial charge in [-0.05, 0) is 36.2 Å². The van der Waals surface area contributed by atoms with Gasteiger partial charge in [0, 0.05) is 35.4 Å². The lowest BCUT2D eigenvalue weighted by Gasteiger charge is -2.13. The molecule has 2 N–H and O–H groups in total. The number of aromatic nitrogens is 1. The van der Waals surface area contributed by atoms with Gasteiger partial charge in [0.2, 0.25) is 0 Å². The van der Waals surface area contributed by atoms with Gasteiger partial charge in [-0.2, -0.15) is 4.72 Å². The van der Waals surface area contributed by atoms with Crippen molar-refractivity contribution in [2.45, 2.75) is 23.6 Å². The number of aryl methyl sites for hydroxylation is 2. The van der Waals surface area contributed by atoms with E-state index in [0.717, 1.165) is 43.8 Å². The molecule has 0 aliphatic rings. The Bertz CT molecular complexity index is 1350. The fourth-order valence-corrected chi connectivity index (χ4v) is 6.09. The average Bonchev–Trinajstić information content (AvgIpc) is 3.35. The molecular formula is C23H22N2O4S2. The number of carboxylic acid groups (broad SMARTS) is 1. The Morgan fingerprint density at radius 1 is 1.10 bits per heavy atom. The summed E-state index contributed by atoms with van der Waals surface area (Å²) in [6, 6.07) is 17.4. The summed E-state index contributed by atoms with van der Waals surface area (Å²) in [5, 5.41) is 10.6. The molecule has 0 saturated carbocycles. The third-order valence-corrected chi connectivity index (χ3v) is 8.28. The third kappa shape index (κ3) is 4.41. The van der Waals surface area contributed by atoms with Gasteiger partial charge in [0.1, 0.15) is 10.3 Å². The number of carbonyl (C=O) groups is 1. The number of fused-ring (bicyclic) bond motifs is 1. The summed E-state index contributed by atoms with van der Waals surface area (Å²) in [6.07, 6.45) is 1.89. The molecule has 2 aromatic heterocycles. The Morgan fingerprint density at radius 2 is 1.81 bits per heavy atom. The fraction of sp³-hybridized carbons (Fsp3) is 0.174. The highest BCUT2D eigenvalue weighted by Crippen LogP contribution is 2.31. The standard InChI is InChI=1S/C23H22N2O4S2/c1-15-7-9-16(10-8-15)21-11-12-22(30-21)31(28,29)24-19(23(26)27)13-17-14-25(2)20-6-4-3-5-18(17)20/h3-12,14,19,24H,13H2,1-2H3,(H,26,27)/t19-/m1/s1. The number of hydrogen-bond acceptors (Lipinski definition) is 4. The molecule has 4 aromatic rings. The first-order valence-electron chi connectivity index (χ1n) is 9.69. The summed E-state index contributed by atoms with van der Waals surface area (Å²) in [7, 11) is -2.11. The second kappa shape index (κ2) is 8.30. The second-order valence-electron chi connectivity index (χ2n) is 7.48. The molecule has 6 nitrogen and oxygen atoms in total. The molecule has 0 unspecified atom stereocenters. The number of carboxylic acids is 1. The lowest BCUT2D eigenvalue weighted by molar-refractivity contribution is -0.138. The van der Waals surface area contributed by atoms with Gasteiger partial charge >= 0.3 is 5.97 Å². The molecule has 2 heterocycles. The Kier molecular flexibility index (Phi) is 5.70. The van der Waals surface area contributed by atoms with Crippen molar-refractivity contribution in [2.24, 2.45) is 7.05 Å². The number of nitrogens with zero attached hydrogens (tertiary/aromatic N) is 1. The predicted molar refractivity (Wildman–Crippen MR) is 123 cm³/mol. The quantitative estimate of drug-likeness (QED) is 0.438. The minimum Gasteiger partial charge on any atom is -0.480 e. The number of benzene rings is 2. The maximum atomic E-state index is 12.9. The minimum atomic E-state index is -3.99. The van der Waals surface area contributed by atoms with E-state index < -0.39 is 22.0 Å². The molecule has 0 radical (unpaired) electrons. The van der Waals surface area contributed by atoms with Crippen molar-refractivity contribution in [3.8, 4) is 10.4 Å². The lowest BCUT2D eigenvalue weighted by Crippen LogP contribution is -2.42. The van der Waals surface area contributed by atoms with Crippen LogP contribution in [0.5, 0.6) is 0 Å². The largest absolute Gasteiger partial charge is 0.480 e. The topological polar surface area (TPSA) is 88.4 Å². The molecule has 0 amide bonds. The summed E-state index contributed by atoms with van der Waals surface area (Å²) < 4.78 is 30.2. The van der Waals surface area contributed by atoms with Crippen LogP contribution in [0.1, 0.15) is 11.1 Å². The highest BCUT2D eigenvalue weighted by atomic mass is 32.2. The molecule has 2 aromatic carbocycles. The first-order valence-corrected chi connectivity index (χ1v) is 12.0. The number of para-hydroxylation sites is 1. The molecule has 4 rings (SSSR count). The fourth-order valence-electron chi connectivity index (χ4n) is 3.57. The van der Waals surface area contributed by atoms with Crippen molar-refractivity contribution in [1.29, 1.82) is 0 Å². The predicted octanol–water partition coefficient (Wildman–Crippen LogP) is 4.19. The van der Waals surface area contributed by atoms with Crippen LogP contribution >= 0.6 is 11.3 Å². The van der Waals surface area contributed by atoms with Crippen LogP contribution in [-0.2, 0) is 28.3 Å². The zero-order chi connectivity index (χ0) is 22.2. The van der Waals surface area contributed by atoms with Crippen LogP contribution in [0.25, 0.3) is 21.3 Å². The van der Waals surface area contributed by atoms with Crippen molar-refractivity contribution < 1.29 is 18.3 Å². The number of nitrogens with one attached hydrogen (secondary N) is 1. The molecule has 0 bridgehead atoms. The number of aliphatic carboxylic acids is 1. The van der Waals surface area contributed by atoms with Gasteiger partial charge in [0.05, 0.1) is 0 Å². The van der Waals surface area contributed by atoms with Crippen LogP contribution in [-0.4, -0.2) is 30.1 Å². The van der Waals surface area contributed by atoms with E-state index in [4.69, 9.17) is 0 Å². The zero-order valence-corrected chi connectivity index (χ0v) is 18.7. The number of sulfonamides is 1. The van der Waals surface area contributed by atoms with Crippen molar-refractivity contribution in [1.82, 2.24) is 9.29 Å². The van der Waals surface area contributed by atoms with Crippen molar-refractivity contribution in [2.75, 3.05) is 0 Å². The van der Waals surface area contributed by atoms with E-state index in [1.807, 2.05) is 73.3 Å². The Morgan fingerprint density at radius 3 is 2.52 bits per heavy atom. The smallest absolute Gasteiger partial charge is 0.322 e. The zero-order valence-electron chi connectivity index (χ0n) is 17.1. The summed E-state index contributed by atoms with van der Waals surface area (Å²) in [5.74, 6) is -1.22. The van der Waals surface area contributed by atoms with Gasteiger partial charge < -0.3 is 9.67 Å². The Labute approximate surface area is 184 Å². The van der Waals surface area contributed by atoms with E-state index in [0.29, 0.717) is 0 Å². The van der Waals surface area contributed by atoms with Crippen LogP contribution in [0, 0.1) is 6.92 Å². The third-order valence-electron chi connectivity index (χ3n) is 5.18. The maximum absolute atomic E-state index is 12.9. The Hall–Kier alpha value is -2.94. The molecule has 0 fully saturated rings. The van der Waals surface area contributed by atoms with E-state index in [-0.39, 0.29) is 10.6 Å². The maximum Gasteiger partial charge on any atom is 0.322 e. The first kappa shape index (κ1) is 21.3. The van der Waals surface area contributed by atoms with Crippen molar-refractivity contribution in [3.05, 3.63) is 78.0 Å². The molecule has 1 atom stereocenters. The van der Waals surface area contributed by atoms with Gasteiger partial charge in [0.25, 0.3) is 10.0 Å². The summed E-state index contributed by atoms with van der Waals surface area (Å²) in [5.41, 5.74) is 3.78. The SMILES string of the molecule is Cc1ccc(-c2ccc(S(=O)(=O)N[C@H](Cc3cn(C)c4ccccc34)C(=O)O)s2)cc1. The van der Waals surface area contributed by atoms with Crippen LogP contribution in [0.15, 0.2) is 71.1 Å². The lowest BCUT2D eigenvalue weighted by atomic mass is 10.1. The van der Waals surface area contributed by atoms with Gasteiger partial charge in [-0.1, -0.05) is 48.0 Å². The van der Waals surface area contributed by atoms with Gasteiger partial charge in [0.15, 0.2) is 0 Å². The van der Waals surface area contributed by atoms with E-state index >= 15 is 0 Å².